The first-order valence-electron chi connectivity index (χ1n) is 8.70. The fourth-order valence-electron chi connectivity index (χ4n) is 3.99. The molecular weight excluding hydrogens is 282 g/mol. The molecule has 2 nitrogen and oxygen atoms in total. The number of piperidine rings is 1. The summed E-state index contributed by atoms with van der Waals surface area (Å²) < 4.78 is 0. The standard InChI is InChI=1S/C21H27NO/c1-3-10-18-20(17-13-8-5-9-14-17)22-19(15-21(18,2)23)16-11-6-4-7-12-16/h4-9,11-14,18-20,22-23H,3,10,15H2,1-2H3/t18-,19-,20+,21+/m0/s1. The third-order valence-corrected chi connectivity index (χ3v) is 5.16. The molecule has 3 rings (SSSR count). The number of benzene rings is 2. The quantitative estimate of drug-likeness (QED) is 0.863. The van der Waals surface area contributed by atoms with E-state index in [0.717, 1.165) is 19.3 Å². The van der Waals surface area contributed by atoms with Crippen molar-refractivity contribution in [1.82, 2.24) is 5.32 Å². The SMILES string of the molecule is CCC[C@H]1[C@@H](c2ccccc2)N[C@H](c2ccccc2)C[C@@]1(C)O. The van der Waals surface area contributed by atoms with Gasteiger partial charge in [-0.2, -0.15) is 0 Å². The molecule has 1 saturated heterocycles. The Morgan fingerprint density at radius 2 is 1.57 bits per heavy atom. The molecule has 0 unspecified atom stereocenters. The summed E-state index contributed by atoms with van der Waals surface area (Å²) in [6.07, 6.45) is 2.87. The van der Waals surface area contributed by atoms with E-state index in [1.807, 2.05) is 19.1 Å². The minimum Gasteiger partial charge on any atom is -0.390 e. The second-order valence-corrected chi connectivity index (χ2v) is 6.97. The molecule has 0 radical (unpaired) electrons. The van der Waals surface area contributed by atoms with E-state index in [1.165, 1.54) is 11.1 Å². The van der Waals surface area contributed by atoms with Crippen LogP contribution in [0.3, 0.4) is 0 Å². The molecule has 0 bridgehead atoms. The molecule has 4 atom stereocenters. The van der Waals surface area contributed by atoms with Gasteiger partial charge in [-0.3, -0.25) is 0 Å². The van der Waals surface area contributed by atoms with E-state index in [4.69, 9.17) is 0 Å². The molecule has 2 aromatic rings. The molecule has 1 aliphatic heterocycles. The molecule has 1 fully saturated rings. The minimum atomic E-state index is -0.664. The van der Waals surface area contributed by atoms with Crippen LogP contribution in [0.25, 0.3) is 0 Å². The van der Waals surface area contributed by atoms with Crippen LogP contribution in [-0.4, -0.2) is 10.7 Å². The molecule has 2 aromatic carbocycles. The van der Waals surface area contributed by atoms with Crippen LogP contribution in [0.2, 0.25) is 0 Å². The summed E-state index contributed by atoms with van der Waals surface area (Å²) in [6.45, 7) is 4.21. The average Bonchev–Trinajstić information content (AvgIpc) is 2.58. The van der Waals surface area contributed by atoms with Gasteiger partial charge in [0, 0.05) is 18.0 Å². The molecule has 2 heteroatoms. The Bertz CT molecular complexity index is 608. The third-order valence-electron chi connectivity index (χ3n) is 5.16. The van der Waals surface area contributed by atoms with Gasteiger partial charge in [-0.15, -0.1) is 0 Å². The molecule has 23 heavy (non-hydrogen) atoms. The largest absolute Gasteiger partial charge is 0.390 e. The number of hydrogen-bond donors (Lipinski definition) is 2. The van der Waals surface area contributed by atoms with Crippen molar-refractivity contribution in [2.24, 2.45) is 5.92 Å². The van der Waals surface area contributed by atoms with Crippen molar-refractivity contribution in [1.29, 1.82) is 0 Å². The van der Waals surface area contributed by atoms with Crippen LogP contribution in [0.5, 0.6) is 0 Å². The lowest BCUT2D eigenvalue weighted by Crippen LogP contribution is -2.51. The molecular formula is C21H27NO. The van der Waals surface area contributed by atoms with Gasteiger partial charge in [-0.1, -0.05) is 74.0 Å². The Morgan fingerprint density at radius 3 is 2.13 bits per heavy atom. The van der Waals surface area contributed by atoms with Crippen LogP contribution in [0.1, 0.15) is 56.3 Å². The van der Waals surface area contributed by atoms with Gasteiger partial charge in [0.2, 0.25) is 0 Å². The highest BCUT2D eigenvalue weighted by atomic mass is 16.3. The van der Waals surface area contributed by atoms with Gasteiger partial charge in [-0.25, -0.2) is 0 Å². The second-order valence-electron chi connectivity index (χ2n) is 6.97. The van der Waals surface area contributed by atoms with E-state index < -0.39 is 5.60 Å². The predicted octanol–water partition coefficient (Wildman–Crippen LogP) is 4.63. The van der Waals surface area contributed by atoms with Crippen LogP contribution in [0.15, 0.2) is 60.7 Å². The van der Waals surface area contributed by atoms with Gasteiger partial charge < -0.3 is 10.4 Å². The van der Waals surface area contributed by atoms with Crippen molar-refractivity contribution >= 4 is 0 Å². The van der Waals surface area contributed by atoms with Gasteiger partial charge in [0.25, 0.3) is 0 Å². The Kier molecular flexibility index (Phi) is 4.84. The average molecular weight is 309 g/mol. The summed E-state index contributed by atoms with van der Waals surface area (Å²) in [5, 5.41) is 15.0. The first-order chi connectivity index (χ1) is 11.1. The van der Waals surface area contributed by atoms with E-state index in [1.54, 1.807) is 0 Å². The van der Waals surface area contributed by atoms with Crippen molar-refractivity contribution < 1.29 is 5.11 Å². The van der Waals surface area contributed by atoms with E-state index in [9.17, 15) is 5.11 Å². The molecule has 0 amide bonds. The zero-order chi connectivity index (χ0) is 16.3. The fourth-order valence-corrected chi connectivity index (χ4v) is 3.99. The molecule has 2 N–H and O–H groups in total. The molecule has 1 aliphatic rings. The second kappa shape index (κ2) is 6.86. The summed E-state index contributed by atoms with van der Waals surface area (Å²) in [7, 11) is 0. The van der Waals surface area contributed by atoms with Crippen molar-refractivity contribution in [2.45, 2.75) is 50.8 Å². The molecule has 0 saturated carbocycles. The van der Waals surface area contributed by atoms with E-state index in [0.29, 0.717) is 0 Å². The van der Waals surface area contributed by atoms with E-state index in [2.05, 4.69) is 60.8 Å². The topological polar surface area (TPSA) is 32.3 Å². The van der Waals surface area contributed by atoms with Crippen LogP contribution in [-0.2, 0) is 0 Å². The Balaban J connectivity index is 1.95. The van der Waals surface area contributed by atoms with Crippen molar-refractivity contribution in [3.05, 3.63) is 71.8 Å². The first-order valence-corrected chi connectivity index (χ1v) is 8.70. The Morgan fingerprint density at radius 1 is 1.00 bits per heavy atom. The minimum absolute atomic E-state index is 0.185. The number of aliphatic hydroxyl groups is 1. The maximum atomic E-state index is 11.2. The van der Waals surface area contributed by atoms with Crippen LogP contribution >= 0.6 is 0 Å². The van der Waals surface area contributed by atoms with Gasteiger partial charge in [0.15, 0.2) is 0 Å². The summed E-state index contributed by atoms with van der Waals surface area (Å²) in [6, 6.07) is 21.4. The van der Waals surface area contributed by atoms with Gasteiger partial charge in [0.05, 0.1) is 5.60 Å². The summed E-state index contributed by atoms with van der Waals surface area (Å²) >= 11 is 0. The Hall–Kier alpha value is -1.64. The molecule has 1 heterocycles. The highest BCUT2D eigenvalue weighted by molar-refractivity contribution is 5.26. The van der Waals surface area contributed by atoms with Crippen molar-refractivity contribution in [3.63, 3.8) is 0 Å². The lowest BCUT2D eigenvalue weighted by Gasteiger charge is -2.47. The van der Waals surface area contributed by atoms with Crippen LogP contribution in [0.4, 0.5) is 0 Å². The Labute approximate surface area is 139 Å². The third kappa shape index (κ3) is 3.49. The number of hydrogen-bond acceptors (Lipinski definition) is 2. The monoisotopic (exact) mass is 309 g/mol. The lowest BCUT2D eigenvalue weighted by atomic mass is 9.70. The molecule has 0 aromatic heterocycles. The van der Waals surface area contributed by atoms with E-state index >= 15 is 0 Å². The highest BCUT2D eigenvalue weighted by Crippen LogP contribution is 2.44. The van der Waals surface area contributed by atoms with Crippen LogP contribution < -0.4 is 5.32 Å². The van der Waals surface area contributed by atoms with Crippen LogP contribution in [0, 0.1) is 5.92 Å². The maximum absolute atomic E-state index is 11.2. The zero-order valence-electron chi connectivity index (χ0n) is 14.1. The van der Waals surface area contributed by atoms with Gasteiger partial charge in [0.1, 0.15) is 0 Å². The lowest BCUT2D eigenvalue weighted by molar-refractivity contribution is -0.0636. The highest BCUT2D eigenvalue weighted by Gasteiger charge is 2.44. The fraction of sp³-hybridized carbons (Fsp3) is 0.429. The predicted molar refractivity (Wildman–Crippen MR) is 95.1 cm³/mol. The molecule has 0 aliphatic carbocycles. The molecule has 0 spiro atoms. The van der Waals surface area contributed by atoms with Gasteiger partial charge in [-0.05, 0) is 30.9 Å². The van der Waals surface area contributed by atoms with E-state index in [-0.39, 0.29) is 18.0 Å². The molecule has 122 valence electrons. The van der Waals surface area contributed by atoms with Crippen molar-refractivity contribution in [2.75, 3.05) is 0 Å². The first kappa shape index (κ1) is 16.2. The zero-order valence-corrected chi connectivity index (χ0v) is 14.1. The summed E-state index contributed by atoms with van der Waals surface area (Å²) in [5.74, 6) is 0.231. The number of rotatable bonds is 4. The summed E-state index contributed by atoms with van der Waals surface area (Å²) in [4.78, 5) is 0. The van der Waals surface area contributed by atoms with Gasteiger partial charge >= 0.3 is 0 Å². The maximum Gasteiger partial charge on any atom is 0.0684 e. The summed E-state index contributed by atoms with van der Waals surface area (Å²) in [5.41, 5.74) is 1.86. The number of nitrogens with one attached hydrogen (secondary N) is 1. The van der Waals surface area contributed by atoms with Crippen molar-refractivity contribution in [3.8, 4) is 0 Å². The smallest absolute Gasteiger partial charge is 0.0684 e. The normalized spacial score (nSPS) is 31.0.